The predicted octanol–water partition coefficient (Wildman–Crippen LogP) is 4.73. The number of carbonyl (C=O) groups is 3. The first-order valence-electron chi connectivity index (χ1n) is 11.8. The number of hydrogen-bond donors (Lipinski definition) is 1. The molecule has 1 unspecified atom stereocenters. The van der Waals surface area contributed by atoms with E-state index in [9.17, 15) is 14.4 Å². The molecule has 3 rings (SSSR count). The lowest BCUT2D eigenvalue weighted by atomic mass is 9.81. The summed E-state index contributed by atoms with van der Waals surface area (Å²) in [5, 5.41) is 2.92. The number of hydrogen-bond acceptors (Lipinski definition) is 4. The average molecular weight is 463 g/mol. The summed E-state index contributed by atoms with van der Waals surface area (Å²) in [6.07, 6.45) is 0.185. The molecule has 1 aliphatic heterocycles. The van der Waals surface area contributed by atoms with Gasteiger partial charge in [0.1, 0.15) is 0 Å². The fraction of sp³-hybridized carbons (Fsp3) is 0.393. The molecule has 2 aromatic carbocycles. The summed E-state index contributed by atoms with van der Waals surface area (Å²) in [6, 6.07) is 15.1. The molecule has 34 heavy (non-hydrogen) atoms. The Morgan fingerprint density at radius 3 is 2.53 bits per heavy atom. The second-order valence-electron chi connectivity index (χ2n) is 9.12. The highest BCUT2D eigenvalue weighted by atomic mass is 16.5. The minimum absolute atomic E-state index is 0.0616. The van der Waals surface area contributed by atoms with Crippen LogP contribution in [0.1, 0.15) is 67.1 Å². The summed E-state index contributed by atoms with van der Waals surface area (Å²) in [5.74, 6) is -0.592. The molecule has 1 heterocycles. The number of ether oxygens (including phenoxy) is 1. The summed E-state index contributed by atoms with van der Waals surface area (Å²) in [5.41, 5.74) is 4.47. The molecular weight excluding hydrogens is 428 g/mol. The van der Waals surface area contributed by atoms with Gasteiger partial charge in [-0.15, -0.1) is 0 Å². The average Bonchev–Trinajstić information content (AvgIpc) is 2.80. The molecule has 0 spiro atoms. The lowest BCUT2D eigenvalue weighted by Gasteiger charge is -2.35. The second-order valence-corrected chi connectivity index (χ2v) is 9.12. The van der Waals surface area contributed by atoms with Crippen molar-refractivity contribution in [3.8, 4) is 0 Å². The van der Waals surface area contributed by atoms with Crippen LogP contribution in [0.15, 0.2) is 59.8 Å². The first kappa shape index (κ1) is 25.2. The lowest BCUT2D eigenvalue weighted by Crippen LogP contribution is -2.38. The third-order valence-electron chi connectivity index (χ3n) is 6.08. The van der Waals surface area contributed by atoms with E-state index < -0.39 is 5.97 Å². The van der Waals surface area contributed by atoms with Crippen LogP contribution in [0.3, 0.4) is 0 Å². The van der Waals surface area contributed by atoms with E-state index in [4.69, 9.17) is 4.74 Å². The number of benzene rings is 2. The van der Waals surface area contributed by atoms with Gasteiger partial charge in [0.2, 0.25) is 5.91 Å². The Balaban J connectivity index is 1.94. The van der Waals surface area contributed by atoms with Gasteiger partial charge in [0.05, 0.1) is 18.7 Å². The van der Waals surface area contributed by atoms with Crippen molar-refractivity contribution < 1.29 is 19.1 Å². The van der Waals surface area contributed by atoms with Gasteiger partial charge in [-0.1, -0.05) is 50.2 Å². The van der Waals surface area contributed by atoms with Gasteiger partial charge in [0.25, 0.3) is 5.91 Å². The minimum Gasteiger partial charge on any atom is -0.463 e. The van der Waals surface area contributed by atoms with Crippen molar-refractivity contribution in [3.63, 3.8) is 0 Å². The highest BCUT2D eigenvalue weighted by molar-refractivity contribution is 5.96. The number of carbonyl (C=O) groups excluding carboxylic acids is 3. The highest BCUT2D eigenvalue weighted by Crippen LogP contribution is 2.38. The van der Waals surface area contributed by atoms with Crippen molar-refractivity contribution in [1.82, 2.24) is 10.2 Å². The third-order valence-corrected chi connectivity index (χ3v) is 6.08. The summed E-state index contributed by atoms with van der Waals surface area (Å²) in [6.45, 7) is 10.8. The number of nitrogens with zero attached hydrogens (tertiary/aromatic N) is 1. The van der Waals surface area contributed by atoms with Gasteiger partial charge >= 0.3 is 5.97 Å². The summed E-state index contributed by atoms with van der Waals surface area (Å²) < 4.78 is 5.39. The van der Waals surface area contributed by atoms with Crippen LogP contribution in [-0.2, 0) is 20.9 Å². The summed E-state index contributed by atoms with van der Waals surface area (Å²) in [7, 11) is 0. The molecule has 0 saturated carbocycles. The second kappa shape index (κ2) is 11.1. The SMILES string of the molecule is CCOC(=O)C1=C(C)N(Cc2cccc(C(=O)NCC(C)C)c2)C(=O)CC1c1ccccc1C. The van der Waals surface area contributed by atoms with Gasteiger partial charge in [-0.2, -0.15) is 0 Å². The Bertz CT molecular complexity index is 1100. The van der Waals surface area contributed by atoms with Gasteiger partial charge in [0.15, 0.2) is 0 Å². The highest BCUT2D eigenvalue weighted by Gasteiger charge is 2.37. The van der Waals surface area contributed by atoms with Crippen LogP contribution in [0.25, 0.3) is 0 Å². The fourth-order valence-corrected chi connectivity index (χ4v) is 4.31. The Morgan fingerprint density at radius 2 is 1.85 bits per heavy atom. The van der Waals surface area contributed by atoms with Crippen LogP contribution in [-0.4, -0.2) is 35.8 Å². The molecule has 6 heteroatoms. The van der Waals surface area contributed by atoms with Gasteiger partial charge < -0.3 is 15.0 Å². The van der Waals surface area contributed by atoms with Crippen LogP contribution in [0, 0.1) is 12.8 Å². The Morgan fingerprint density at radius 1 is 1.12 bits per heavy atom. The van der Waals surface area contributed by atoms with Crippen molar-refractivity contribution in [2.24, 2.45) is 5.92 Å². The largest absolute Gasteiger partial charge is 0.463 e. The van der Waals surface area contributed by atoms with Crippen molar-refractivity contribution in [1.29, 1.82) is 0 Å². The number of allylic oxidation sites excluding steroid dienone is 1. The van der Waals surface area contributed by atoms with Crippen LogP contribution < -0.4 is 5.32 Å². The normalized spacial score (nSPS) is 16.1. The van der Waals surface area contributed by atoms with Crippen LogP contribution in [0.2, 0.25) is 0 Å². The topological polar surface area (TPSA) is 75.7 Å². The summed E-state index contributed by atoms with van der Waals surface area (Å²) in [4.78, 5) is 40.4. The molecule has 0 aliphatic carbocycles. The van der Waals surface area contributed by atoms with Crippen molar-refractivity contribution in [3.05, 3.63) is 82.1 Å². The zero-order chi connectivity index (χ0) is 24.8. The molecule has 1 N–H and O–H groups in total. The zero-order valence-corrected chi connectivity index (χ0v) is 20.7. The third kappa shape index (κ3) is 5.74. The zero-order valence-electron chi connectivity index (χ0n) is 20.7. The van der Waals surface area contributed by atoms with E-state index in [0.29, 0.717) is 29.3 Å². The molecule has 0 aromatic heterocycles. The molecule has 6 nitrogen and oxygen atoms in total. The van der Waals surface area contributed by atoms with Crippen LogP contribution in [0.4, 0.5) is 0 Å². The molecule has 0 fully saturated rings. The van der Waals surface area contributed by atoms with E-state index in [0.717, 1.165) is 16.7 Å². The standard InChI is InChI=1S/C28H34N2O4/c1-6-34-28(33)26-20(5)30(25(31)15-24(26)23-13-8-7-10-19(23)4)17-21-11-9-12-22(14-21)27(32)29-16-18(2)3/h7-14,18,24H,6,15-17H2,1-5H3,(H,29,32). The maximum atomic E-state index is 13.3. The maximum Gasteiger partial charge on any atom is 0.336 e. The van der Waals surface area contributed by atoms with E-state index in [-0.39, 0.29) is 37.3 Å². The fourth-order valence-electron chi connectivity index (χ4n) is 4.31. The molecule has 2 aromatic rings. The van der Waals surface area contributed by atoms with E-state index in [1.54, 1.807) is 30.9 Å². The van der Waals surface area contributed by atoms with Crippen LogP contribution >= 0.6 is 0 Å². The summed E-state index contributed by atoms with van der Waals surface area (Å²) >= 11 is 0. The maximum absolute atomic E-state index is 13.3. The van der Waals surface area contributed by atoms with Gasteiger partial charge in [-0.25, -0.2) is 4.79 Å². The van der Waals surface area contributed by atoms with Gasteiger partial charge in [-0.3, -0.25) is 9.59 Å². The van der Waals surface area contributed by atoms with Crippen molar-refractivity contribution >= 4 is 17.8 Å². The number of rotatable bonds is 8. The van der Waals surface area contributed by atoms with Gasteiger partial charge in [-0.05, 0) is 55.5 Å². The smallest absolute Gasteiger partial charge is 0.336 e. The molecule has 180 valence electrons. The van der Waals surface area contributed by atoms with E-state index >= 15 is 0 Å². The lowest BCUT2D eigenvalue weighted by molar-refractivity contribution is -0.140. The molecule has 2 amide bonds. The Labute approximate surface area is 202 Å². The first-order chi connectivity index (χ1) is 16.2. The van der Waals surface area contributed by atoms with Crippen molar-refractivity contribution in [2.45, 2.75) is 53.5 Å². The number of esters is 1. The Hall–Kier alpha value is -3.41. The predicted molar refractivity (Wildman–Crippen MR) is 132 cm³/mol. The number of amides is 2. The molecular formula is C28H34N2O4. The molecule has 0 radical (unpaired) electrons. The van der Waals surface area contributed by atoms with Gasteiger partial charge in [0, 0.05) is 30.1 Å². The molecule has 1 atom stereocenters. The van der Waals surface area contributed by atoms with E-state index in [1.807, 2.05) is 57.2 Å². The minimum atomic E-state index is -0.396. The first-order valence-corrected chi connectivity index (χ1v) is 11.8. The Kier molecular flexibility index (Phi) is 8.26. The molecule has 0 bridgehead atoms. The van der Waals surface area contributed by atoms with Crippen molar-refractivity contribution in [2.75, 3.05) is 13.2 Å². The van der Waals surface area contributed by atoms with E-state index in [2.05, 4.69) is 5.32 Å². The number of aryl methyl sites for hydroxylation is 1. The quantitative estimate of drug-likeness (QED) is 0.575. The monoisotopic (exact) mass is 462 g/mol. The molecule has 1 aliphatic rings. The number of nitrogens with one attached hydrogen (secondary N) is 1. The molecule has 0 saturated heterocycles. The van der Waals surface area contributed by atoms with Crippen LogP contribution in [0.5, 0.6) is 0 Å². The van der Waals surface area contributed by atoms with E-state index in [1.165, 1.54) is 0 Å².